The van der Waals surface area contributed by atoms with Crippen molar-refractivity contribution in [1.29, 1.82) is 0 Å². The van der Waals surface area contributed by atoms with E-state index in [0.717, 1.165) is 5.70 Å². The van der Waals surface area contributed by atoms with E-state index in [1.54, 1.807) is 26.0 Å². The van der Waals surface area contributed by atoms with Crippen molar-refractivity contribution in [3.8, 4) is 5.75 Å². The molecular formula is C26H25FN2O6. The summed E-state index contributed by atoms with van der Waals surface area (Å²) >= 11 is 0. The first kappa shape index (κ1) is 24.1. The van der Waals surface area contributed by atoms with E-state index in [4.69, 9.17) is 9.47 Å². The second-order valence-electron chi connectivity index (χ2n) is 8.39. The zero-order valence-electron chi connectivity index (χ0n) is 19.4. The predicted octanol–water partition coefficient (Wildman–Crippen LogP) is 4.84. The number of ketones is 1. The lowest BCUT2D eigenvalue weighted by Crippen LogP contribution is -2.34. The zero-order valence-corrected chi connectivity index (χ0v) is 19.4. The average molecular weight is 480 g/mol. The number of carbonyl (C=O) groups excluding carboxylic acids is 2. The second kappa shape index (κ2) is 10.1. The molecule has 1 aliphatic heterocycles. The smallest absolute Gasteiger partial charge is 0.336 e. The number of nitrogens with zero attached hydrogens (tertiary/aromatic N) is 1. The van der Waals surface area contributed by atoms with E-state index in [2.05, 4.69) is 5.32 Å². The normalized spacial score (nSPS) is 17.6. The molecule has 1 aliphatic carbocycles. The SMILES string of the molecule is CCOC(=O)C1=C(C)NC2=C(C(=O)CCC2)[C@H]1c1ccc(OCc2cccc(F)c2)c([N+](=O)[O-])c1. The maximum absolute atomic E-state index is 13.5. The summed E-state index contributed by atoms with van der Waals surface area (Å²) in [5.41, 5.74) is 2.59. The number of Topliss-reactive ketones (excluding diaryl/α,β-unsaturated/α-hetero) is 1. The van der Waals surface area contributed by atoms with Crippen LogP contribution in [0.1, 0.15) is 50.2 Å². The van der Waals surface area contributed by atoms with Crippen LogP contribution in [-0.2, 0) is 20.9 Å². The van der Waals surface area contributed by atoms with Crippen molar-refractivity contribution in [2.45, 2.75) is 45.6 Å². The summed E-state index contributed by atoms with van der Waals surface area (Å²) in [7, 11) is 0. The van der Waals surface area contributed by atoms with Crippen LogP contribution in [0.2, 0.25) is 0 Å². The van der Waals surface area contributed by atoms with Gasteiger partial charge in [-0.3, -0.25) is 14.9 Å². The first-order chi connectivity index (χ1) is 16.8. The number of halogens is 1. The molecule has 2 aromatic rings. The summed E-state index contributed by atoms with van der Waals surface area (Å²) in [5.74, 6) is -1.92. The fourth-order valence-electron chi connectivity index (χ4n) is 4.56. The van der Waals surface area contributed by atoms with Gasteiger partial charge in [-0.25, -0.2) is 9.18 Å². The number of allylic oxidation sites excluding steroid dienone is 3. The number of benzene rings is 2. The number of hydrogen-bond donors (Lipinski definition) is 1. The second-order valence-corrected chi connectivity index (χ2v) is 8.39. The van der Waals surface area contributed by atoms with E-state index in [1.807, 2.05) is 0 Å². The van der Waals surface area contributed by atoms with Gasteiger partial charge in [0.2, 0.25) is 0 Å². The van der Waals surface area contributed by atoms with E-state index in [9.17, 15) is 24.1 Å². The predicted molar refractivity (Wildman–Crippen MR) is 125 cm³/mol. The molecule has 2 aliphatic rings. The van der Waals surface area contributed by atoms with Gasteiger partial charge >= 0.3 is 11.7 Å². The van der Waals surface area contributed by atoms with Gasteiger partial charge in [0, 0.05) is 35.4 Å². The summed E-state index contributed by atoms with van der Waals surface area (Å²) in [6, 6.07) is 10.2. The lowest BCUT2D eigenvalue weighted by molar-refractivity contribution is -0.386. The molecule has 2 aromatic carbocycles. The maximum atomic E-state index is 13.5. The Kier molecular flexibility index (Phi) is 6.95. The van der Waals surface area contributed by atoms with Crippen molar-refractivity contribution in [2.75, 3.05) is 6.61 Å². The van der Waals surface area contributed by atoms with Gasteiger partial charge in [0.15, 0.2) is 11.5 Å². The molecule has 0 aromatic heterocycles. The third kappa shape index (κ3) is 4.94. The Balaban J connectivity index is 1.76. The van der Waals surface area contributed by atoms with Gasteiger partial charge < -0.3 is 14.8 Å². The summed E-state index contributed by atoms with van der Waals surface area (Å²) in [6.45, 7) is 3.50. The molecule has 0 saturated carbocycles. The van der Waals surface area contributed by atoms with Crippen LogP contribution in [0.25, 0.3) is 0 Å². The number of ether oxygens (including phenoxy) is 2. The molecule has 0 bridgehead atoms. The van der Waals surface area contributed by atoms with Crippen molar-refractivity contribution >= 4 is 17.4 Å². The number of nitro benzene ring substituents is 1. The molecular weight excluding hydrogens is 455 g/mol. The van der Waals surface area contributed by atoms with E-state index in [-0.39, 0.29) is 36.0 Å². The van der Waals surface area contributed by atoms with E-state index < -0.39 is 22.6 Å². The number of carbonyl (C=O) groups is 2. The molecule has 0 fully saturated rings. The number of esters is 1. The minimum Gasteiger partial charge on any atom is -0.482 e. The first-order valence-electron chi connectivity index (χ1n) is 11.4. The van der Waals surface area contributed by atoms with Crippen molar-refractivity contribution in [2.24, 2.45) is 0 Å². The van der Waals surface area contributed by atoms with Crippen LogP contribution in [0.3, 0.4) is 0 Å². The largest absolute Gasteiger partial charge is 0.482 e. The Morgan fingerprint density at radius 1 is 1.23 bits per heavy atom. The Hall–Kier alpha value is -4.01. The van der Waals surface area contributed by atoms with Crippen LogP contribution in [0.15, 0.2) is 65.0 Å². The van der Waals surface area contributed by atoms with Crippen LogP contribution in [-0.4, -0.2) is 23.3 Å². The molecule has 1 N–H and O–H groups in total. The highest BCUT2D eigenvalue weighted by Gasteiger charge is 2.39. The third-order valence-corrected chi connectivity index (χ3v) is 6.07. The van der Waals surface area contributed by atoms with E-state index >= 15 is 0 Å². The van der Waals surface area contributed by atoms with Crippen molar-refractivity contribution in [3.05, 3.63) is 92.1 Å². The Labute approximate surface area is 201 Å². The van der Waals surface area contributed by atoms with Gasteiger partial charge in [0.25, 0.3) is 0 Å². The van der Waals surface area contributed by atoms with E-state index in [1.165, 1.54) is 30.3 Å². The molecule has 1 heterocycles. The molecule has 1 atom stereocenters. The molecule has 0 amide bonds. The Bertz CT molecular complexity index is 1270. The number of rotatable bonds is 7. The minimum atomic E-state index is -0.797. The van der Waals surface area contributed by atoms with Crippen molar-refractivity contribution in [3.63, 3.8) is 0 Å². The molecule has 0 saturated heterocycles. The Morgan fingerprint density at radius 3 is 2.74 bits per heavy atom. The highest BCUT2D eigenvalue weighted by molar-refractivity contribution is 6.03. The van der Waals surface area contributed by atoms with Gasteiger partial charge in [0.1, 0.15) is 12.4 Å². The molecule has 4 rings (SSSR count). The number of dihydropyridines is 1. The van der Waals surface area contributed by atoms with Gasteiger partial charge in [-0.1, -0.05) is 18.2 Å². The molecule has 9 heteroatoms. The zero-order chi connectivity index (χ0) is 25.1. The van der Waals surface area contributed by atoms with Crippen LogP contribution in [0.4, 0.5) is 10.1 Å². The minimum absolute atomic E-state index is 0.000458. The van der Waals surface area contributed by atoms with Gasteiger partial charge in [-0.15, -0.1) is 0 Å². The van der Waals surface area contributed by atoms with Gasteiger partial charge in [0.05, 0.1) is 17.1 Å². The maximum Gasteiger partial charge on any atom is 0.336 e. The summed E-state index contributed by atoms with van der Waals surface area (Å²) in [5, 5.41) is 15.1. The molecule has 182 valence electrons. The van der Waals surface area contributed by atoms with Crippen LogP contribution < -0.4 is 10.1 Å². The number of hydrogen-bond acceptors (Lipinski definition) is 7. The topological polar surface area (TPSA) is 108 Å². The summed E-state index contributed by atoms with van der Waals surface area (Å²) in [4.78, 5) is 37.2. The lowest BCUT2D eigenvalue weighted by atomic mass is 9.75. The van der Waals surface area contributed by atoms with E-state index in [0.29, 0.717) is 41.7 Å². The highest BCUT2D eigenvalue weighted by Crippen LogP contribution is 2.44. The molecule has 0 unspecified atom stereocenters. The molecule has 0 spiro atoms. The quantitative estimate of drug-likeness (QED) is 0.343. The Morgan fingerprint density at radius 2 is 2.03 bits per heavy atom. The van der Waals surface area contributed by atoms with Crippen molar-refractivity contribution < 1.29 is 28.4 Å². The molecule has 0 radical (unpaired) electrons. The third-order valence-electron chi connectivity index (χ3n) is 6.07. The van der Waals surface area contributed by atoms with Crippen LogP contribution >= 0.6 is 0 Å². The monoisotopic (exact) mass is 480 g/mol. The summed E-state index contributed by atoms with van der Waals surface area (Å²) < 4.78 is 24.4. The molecule has 35 heavy (non-hydrogen) atoms. The number of nitrogens with one attached hydrogen (secondary N) is 1. The summed E-state index contributed by atoms with van der Waals surface area (Å²) in [6.07, 6.45) is 1.66. The fourth-order valence-corrected chi connectivity index (χ4v) is 4.56. The molecule has 8 nitrogen and oxygen atoms in total. The number of nitro groups is 1. The standard InChI is InChI=1S/C26H25FN2O6/c1-3-34-26(31)23-15(2)28-19-8-5-9-21(30)25(19)24(23)17-10-11-22(20(13-17)29(32)33)35-14-16-6-4-7-18(27)12-16/h4,6-7,10-13,24,28H,3,5,8-9,14H2,1-2H3/t24-/m0/s1. The van der Waals surface area contributed by atoms with Gasteiger partial charge in [-0.05, 0) is 56.0 Å². The fraction of sp³-hybridized carbons (Fsp3) is 0.308. The van der Waals surface area contributed by atoms with Gasteiger partial charge in [-0.2, -0.15) is 0 Å². The average Bonchev–Trinajstić information content (AvgIpc) is 2.82. The van der Waals surface area contributed by atoms with Crippen LogP contribution in [0, 0.1) is 15.9 Å². The lowest BCUT2D eigenvalue weighted by Gasteiger charge is -2.34. The van der Waals surface area contributed by atoms with Crippen LogP contribution in [0.5, 0.6) is 5.75 Å². The first-order valence-corrected chi connectivity index (χ1v) is 11.4. The highest BCUT2D eigenvalue weighted by atomic mass is 19.1. The van der Waals surface area contributed by atoms with Crippen molar-refractivity contribution in [1.82, 2.24) is 5.32 Å².